The minimum atomic E-state index is -0.932. The van der Waals surface area contributed by atoms with Crippen molar-refractivity contribution < 1.29 is 29.0 Å². The fourth-order valence-corrected chi connectivity index (χ4v) is 4.08. The monoisotopic (exact) mass is 566 g/mol. The summed E-state index contributed by atoms with van der Waals surface area (Å²) >= 11 is 5.78. The molecule has 0 saturated carbocycles. The van der Waals surface area contributed by atoms with Gasteiger partial charge in [-0.05, 0) is 42.5 Å². The van der Waals surface area contributed by atoms with E-state index in [1.165, 1.54) is 0 Å². The number of esters is 1. The van der Waals surface area contributed by atoms with Gasteiger partial charge in [0.2, 0.25) is 0 Å². The molecule has 0 spiro atoms. The number of hydrogen-bond acceptors (Lipinski definition) is 6. The number of nitrogens with one attached hydrogen (secondary N) is 1. The van der Waals surface area contributed by atoms with E-state index >= 15 is 0 Å². The summed E-state index contributed by atoms with van der Waals surface area (Å²) in [7, 11) is 0. The van der Waals surface area contributed by atoms with Gasteiger partial charge in [-0.1, -0.05) is 78.9 Å². The first-order valence-corrected chi connectivity index (χ1v) is 13.8. The summed E-state index contributed by atoms with van der Waals surface area (Å²) in [5.74, 6) is -0.787. The molecule has 0 aromatic heterocycles. The predicted molar refractivity (Wildman–Crippen MR) is 153 cm³/mol. The molecule has 0 saturated heterocycles. The average molecular weight is 567 g/mol. The molecular weight excluding hydrogens is 532 g/mol. The molecule has 40 heavy (non-hydrogen) atoms. The Labute approximate surface area is 239 Å². The molecule has 0 radical (unpaired) electrons. The second kappa shape index (κ2) is 16.9. The molecule has 0 aliphatic heterocycles. The van der Waals surface area contributed by atoms with E-state index in [9.17, 15) is 19.5 Å². The van der Waals surface area contributed by atoms with Crippen LogP contribution < -0.4 is 5.32 Å². The van der Waals surface area contributed by atoms with E-state index in [-0.39, 0.29) is 38.0 Å². The van der Waals surface area contributed by atoms with E-state index in [1.807, 2.05) is 66.7 Å². The van der Waals surface area contributed by atoms with Gasteiger partial charge < -0.3 is 24.8 Å². The van der Waals surface area contributed by atoms with Gasteiger partial charge >= 0.3 is 12.1 Å². The normalized spacial score (nSPS) is 12.2. The second-order valence-corrected chi connectivity index (χ2v) is 9.58. The fourth-order valence-electron chi connectivity index (χ4n) is 3.98. The Hall–Kier alpha value is -3.88. The highest BCUT2D eigenvalue weighted by Gasteiger charge is 2.24. The van der Waals surface area contributed by atoms with Crippen LogP contribution in [0.15, 0.2) is 91.0 Å². The second-order valence-electron chi connectivity index (χ2n) is 9.27. The number of ether oxygens (including phenoxy) is 2. The molecular formula is C31H35ClN2O6. The molecule has 2 amide bonds. The molecule has 3 aromatic carbocycles. The third-order valence-electron chi connectivity index (χ3n) is 6.10. The van der Waals surface area contributed by atoms with Gasteiger partial charge in [0, 0.05) is 18.7 Å². The van der Waals surface area contributed by atoms with Crippen LogP contribution in [0.1, 0.15) is 40.7 Å². The van der Waals surface area contributed by atoms with Gasteiger partial charge in [-0.15, -0.1) is 11.6 Å². The lowest BCUT2D eigenvalue weighted by atomic mass is 10.1. The summed E-state index contributed by atoms with van der Waals surface area (Å²) < 4.78 is 10.8. The van der Waals surface area contributed by atoms with Gasteiger partial charge in [0.15, 0.2) is 0 Å². The Kier molecular flexibility index (Phi) is 13.0. The van der Waals surface area contributed by atoms with E-state index in [2.05, 4.69) is 5.32 Å². The highest BCUT2D eigenvalue weighted by Crippen LogP contribution is 2.12. The number of alkyl carbamates (subject to hydrolysis) is 1. The maximum Gasteiger partial charge on any atom is 0.408 e. The summed E-state index contributed by atoms with van der Waals surface area (Å²) in [5.41, 5.74) is 2.16. The van der Waals surface area contributed by atoms with Crippen LogP contribution in [0.4, 0.5) is 4.79 Å². The maximum atomic E-state index is 13.0. The van der Waals surface area contributed by atoms with Crippen LogP contribution >= 0.6 is 11.6 Å². The van der Waals surface area contributed by atoms with E-state index in [0.29, 0.717) is 24.9 Å². The van der Waals surface area contributed by atoms with Crippen molar-refractivity contribution in [2.75, 3.05) is 19.0 Å². The number of nitrogens with zero attached hydrogens (tertiary/aromatic N) is 1. The van der Waals surface area contributed by atoms with Crippen LogP contribution in [0.5, 0.6) is 0 Å². The van der Waals surface area contributed by atoms with Crippen LogP contribution in [0.3, 0.4) is 0 Å². The molecule has 3 rings (SSSR count). The zero-order valence-electron chi connectivity index (χ0n) is 22.3. The minimum Gasteiger partial charge on any atom is -0.459 e. The van der Waals surface area contributed by atoms with Crippen LogP contribution in [0, 0.1) is 0 Å². The standard InChI is InChI=1S/C31H35ClN2O6/c32-20-27(35)21-34(29(36)26-16-8-3-9-17-26)19-11-10-18-28(30(37)39-22-24-12-4-1-5-13-24)33-31(38)40-23-25-14-6-2-7-15-25/h1-9,12-17,27-28,35H,10-11,18-23H2,(H,33,38)/t27-,28+/m1/s1. The Morgan fingerprint density at radius 3 is 1.93 bits per heavy atom. The third kappa shape index (κ3) is 10.7. The summed E-state index contributed by atoms with van der Waals surface area (Å²) in [6, 6.07) is 26.4. The molecule has 9 heteroatoms. The number of benzene rings is 3. The topological polar surface area (TPSA) is 105 Å². The Balaban J connectivity index is 1.58. The van der Waals surface area contributed by atoms with Crippen LogP contribution in [0.25, 0.3) is 0 Å². The molecule has 0 aliphatic rings. The molecule has 2 atom stereocenters. The lowest BCUT2D eigenvalue weighted by molar-refractivity contribution is -0.147. The predicted octanol–water partition coefficient (Wildman–Crippen LogP) is 4.94. The van der Waals surface area contributed by atoms with Gasteiger partial charge in [-0.2, -0.15) is 0 Å². The molecule has 2 N–H and O–H groups in total. The van der Waals surface area contributed by atoms with Gasteiger partial charge in [0.1, 0.15) is 19.3 Å². The first-order chi connectivity index (χ1) is 19.5. The molecule has 0 unspecified atom stereocenters. The fraction of sp³-hybridized carbons (Fsp3) is 0.323. The number of halogens is 1. The molecule has 0 heterocycles. The van der Waals surface area contributed by atoms with E-state index in [0.717, 1.165) is 11.1 Å². The number of alkyl halides is 1. The smallest absolute Gasteiger partial charge is 0.408 e. The number of aliphatic hydroxyl groups is 1. The molecule has 3 aromatic rings. The molecule has 8 nitrogen and oxygen atoms in total. The summed E-state index contributed by atoms with van der Waals surface area (Å²) in [4.78, 5) is 40.0. The quantitative estimate of drug-likeness (QED) is 0.153. The van der Waals surface area contributed by atoms with Crippen molar-refractivity contribution in [3.8, 4) is 0 Å². The maximum absolute atomic E-state index is 13.0. The lowest BCUT2D eigenvalue weighted by Crippen LogP contribution is -2.42. The Morgan fingerprint density at radius 1 is 0.800 bits per heavy atom. The van der Waals surface area contributed by atoms with Gasteiger partial charge in [-0.3, -0.25) is 4.79 Å². The van der Waals surface area contributed by atoms with E-state index in [1.54, 1.807) is 29.2 Å². The van der Waals surface area contributed by atoms with Gasteiger partial charge in [0.25, 0.3) is 5.91 Å². The van der Waals surface area contributed by atoms with E-state index < -0.39 is 24.2 Å². The lowest BCUT2D eigenvalue weighted by Gasteiger charge is -2.25. The first kappa shape index (κ1) is 30.7. The number of amides is 2. The van der Waals surface area contributed by atoms with Crippen molar-refractivity contribution in [1.29, 1.82) is 0 Å². The molecule has 0 bridgehead atoms. The van der Waals surface area contributed by atoms with Gasteiger partial charge in [0.05, 0.1) is 12.0 Å². The van der Waals surface area contributed by atoms with Gasteiger partial charge in [-0.25, -0.2) is 9.59 Å². The zero-order chi connectivity index (χ0) is 28.6. The number of aliphatic hydroxyl groups excluding tert-OH is 1. The highest BCUT2D eigenvalue weighted by molar-refractivity contribution is 6.18. The van der Waals surface area contributed by atoms with Crippen molar-refractivity contribution in [1.82, 2.24) is 10.2 Å². The molecule has 0 aliphatic carbocycles. The van der Waals surface area contributed by atoms with Crippen molar-refractivity contribution in [3.05, 3.63) is 108 Å². The van der Waals surface area contributed by atoms with Crippen molar-refractivity contribution in [3.63, 3.8) is 0 Å². The van der Waals surface area contributed by atoms with Crippen LogP contribution in [-0.2, 0) is 27.5 Å². The number of carbonyl (C=O) groups excluding carboxylic acids is 3. The van der Waals surface area contributed by atoms with Crippen molar-refractivity contribution in [2.24, 2.45) is 0 Å². The molecule has 0 fully saturated rings. The summed E-state index contributed by atoms with van der Waals surface area (Å²) in [6.07, 6.45) is -0.289. The number of unbranched alkanes of at least 4 members (excludes halogenated alkanes) is 1. The Morgan fingerprint density at radius 2 is 1.35 bits per heavy atom. The number of hydrogen-bond donors (Lipinski definition) is 2. The van der Waals surface area contributed by atoms with E-state index in [4.69, 9.17) is 21.1 Å². The third-order valence-corrected chi connectivity index (χ3v) is 6.46. The Bertz CT molecular complexity index is 1180. The molecule has 212 valence electrons. The van der Waals surface area contributed by atoms with Crippen LogP contribution in [-0.4, -0.2) is 59.1 Å². The van der Waals surface area contributed by atoms with Crippen molar-refractivity contribution in [2.45, 2.75) is 44.6 Å². The minimum absolute atomic E-state index is 0.00289. The number of carbonyl (C=O) groups is 3. The average Bonchev–Trinajstić information content (AvgIpc) is 3.00. The van der Waals surface area contributed by atoms with Crippen molar-refractivity contribution >= 4 is 29.6 Å². The zero-order valence-corrected chi connectivity index (χ0v) is 23.0. The highest BCUT2D eigenvalue weighted by atomic mass is 35.5. The number of rotatable bonds is 15. The van der Waals surface area contributed by atoms with Crippen LogP contribution in [0.2, 0.25) is 0 Å². The summed E-state index contributed by atoms with van der Waals surface area (Å²) in [5, 5.41) is 12.7. The summed E-state index contributed by atoms with van der Waals surface area (Å²) in [6.45, 7) is 0.570. The SMILES string of the molecule is O=C(N[C@@H](CCCCN(C[C@H](O)CCl)C(=O)c1ccccc1)C(=O)OCc1ccccc1)OCc1ccccc1. The largest absolute Gasteiger partial charge is 0.459 e. The first-order valence-electron chi connectivity index (χ1n) is 13.2.